The number of aromatic nitrogens is 1. The number of fused-ring (bicyclic) bond motifs is 1. The average molecular weight is 456 g/mol. The lowest BCUT2D eigenvalue weighted by molar-refractivity contribution is -0.131. The topological polar surface area (TPSA) is 103 Å². The van der Waals surface area contributed by atoms with Gasteiger partial charge in [-0.25, -0.2) is 9.37 Å². The summed E-state index contributed by atoms with van der Waals surface area (Å²) in [5, 5.41) is 8.50. The van der Waals surface area contributed by atoms with Gasteiger partial charge in [-0.05, 0) is 49.2 Å². The maximum Gasteiger partial charge on any atom is 0.251 e. The second kappa shape index (κ2) is 10.5. The SMILES string of the molecule is CN[C@@H](C)C(=O)NC(C(=O)N1c2ncccc2CC1C(=O)NCc1ccc(F)cc1)C(C)C. The van der Waals surface area contributed by atoms with E-state index < -0.39 is 18.1 Å². The molecule has 2 aromatic rings. The van der Waals surface area contributed by atoms with E-state index >= 15 is 0 Å². The van der Waals surface area contributed by atoms with Gasteiger partial charge in [0.1, 0.15) is 23.7 Å². The van der Waals surface area contributed by atoms with Gasteiger partial charge in [-0.1, -0.05) is 32.0 Å². The largest absolute Gasteiger partial charge is 0.350 e. The molecule has 3 amide bonds. The Hall–Kier alpha value is -3.33. The van der Waals surface area contributed by atoms with Crippen LogP contribution in [0.4, 0.5) is 10.2 Å². The molecule has 0 radical (unpaired) electrons. The molecule has 0 spiro atoms. The number of amides is 3. The number of rotatable bonds is 8. The number of benzene rings is 1. The van der Waals surface area contributed by atoms with Crippen LogP contribution in [-0.2, 0) is 27.3 Å². The summed E-state index contributed by atoms with van der Waals surface area (Å²) in [6.45, 7) is 5.58. The van der Waals surface area contributed by atoms with Gasteiger partial charge in [-0.15, -0.1) is 0 Å². The molecule has 176 valence electrons. The quantitative estimate of drug-likeness (QED) is 0.560. The van der Waals surface area contributed by atoms with Crippen molar-refractivity contribution in [2.45, 2.75) is 51.9 Å². The van der Waals surface area contributed by atoms with Crippen molar-refractivity contribution in [1.29, 1.82) is 0 Å². The highest BCUT2D eigenvalue weighted by Gasteiger charge is 2.42. The lowest BCUT2D eigenvalue weighted by atomic mass is 10.0. The Kier molecular flexibility index (Phi) is 7.75. The van der Waals surface area contributed by atoms with Crippen LogP contribution in [0.2, 0.25) is 0 Å². The average Bonchev–Trinajstić information content (AvgIpc) is 3.20. The molecule has 0 fully saturated rings. The Morgan fingerprint density at radius 2 is 1.85 bits per heavy atom. The Morgan fingerprint density at radius 1 is 1.15 bits per heavy atom. The number of nitrogens with zero attached hydrogens (tertiary/aromatic N) is 2. The standard InChI is InChI=1S/C24H30FN5O3/c1-14(2)20(29-22(31)15(3)26-4)24(33)30-19(12-17-6-5-11-27-21(17)30)23(32)28-13-16-7-9-18(25)10-8-16/h5-11,14-15,19-20,26H,12-13H2,1-4H3,(H,28,32)(H,29,31)/t15-,19?,20?/m0/s1. The number of carbonyl (C=O) groups excluding carboxylic acids is 3. The number of halogens is 1. The summed E-state index contributed by atoms with van der Waals surface area (Å²) in [6.07, 6.45) is 1.89. The van der Waals surface area contributed by atoms with Crippen molar-refractivity contribution in [3.63, 3.8) is 0 Å². The predicted octanol–water partition coefficient (Wildman–Crippen LogP) is 1.54. The van der Waals surface area contributed by atoms with Crippen LogP contribution in [0.3, 0.4) is 0 Å². The summed E-state index contributed by atoms with van der Waals surface area (Å²) in [6, 6.07) is 7.34. The zero-order valence-corrected chi connectivity index (χ0v) is 19.3. The molecule has 2 heterocycles. The minimum Gasteiger partial charge on any atom is -0.350 e. The molecule has 0 saturated carbocycles. The molecule has 3 N–H and O–H groups in total. The molecule has 8 nitrogen and oxygen atoms in total. The van der Waals surface area contributed by atoms with Crippen molar-refractivity contribution >= 4 is 23.5 Å². The van der Waals surface area contributed by atoms with Crippen molar-refractivity contribution in [2.75, 3.05) is 11.9 Å². The van der Waals surface area contributed by atoms with Crippen LogP contribution in [0.25, 0.3) is 0 Å². The van der Waals surface area contributed by atoms with Gasteiger partial charge in [-0.2, -0.15) is 0 Å². The number of likely N-dealkylation sites (N-methyl/N-ethyl adjacent to an activating group) is 1. The number of hydrogen-bond acceptors (Lipinski definition) is 5. The van der Waals surface area contributed by atoms with Crippen molar-refractivity contribution in [1.82, 2.24) is 20.9 Å². The van der Waals surface area contributed by atoms with E-state index in [0.29, 0.717) is 12.2 Å². The third-order valence-electron chi connectivity index (χ3n) is 5.80. The molecule has 1 aromatic heterocycles. The van der Waals surface area contributed by atoms with Gasteiger partial charge in [0.25, 0.3) is 5.91 Å². The molecule has 0 bridgehead atoms. The predicted molar refractivity (Wildman–Crippen MR) is 123 cm³/mol. The summed E-state index contributed by atoms with van der Waals surface area (Å²) >= 11 is 0. The Bertz CT molecular complexity index is 1010. The van der Waals surface area contributed by atoms with Gasteiger partial charge in [-0.3, -0.25) is 19.3 Å². The number of hydrogen-bond donors (Lipinski definition) is 3. The number of carbonyl (C=O) groups is 3. The zero-order chi connectivity index (χ0) is 24.1. The fourth-order valence-corrected chi connectivity index (χ4v) is 3.70. The van der Waals surface area contributed by atoms with Crippen molar-refractivity contribution in [2.24, 2.45) is 5.92 Å². The highest BCUT2D eigenvalue weighted by atomic mass is 19.1. The van der Waals surface area contributed by atoms with E-state index in [1.807, 2.05) is 19.9 Å². The maximum atomic E-state index is 13.7. The van der Waals surface area contributed by atoms with E-state index in [-0.39, 0.29) is 36.0 Å². The molecule has 1 aromatic carbocycles. The lowest BCUT2D eigenvalue weighted by Gasteiger charge is -2.31. The first kappa shape index (κ1) is 24.3. The molecule has 9 heteroatoms. The first-order valence-electron chi connectivity index (χ1n) is 11.0. The smallest absolute Gasteiger partial charge is 0.251 e. The lowest BCUT2D eigenvalue weighted by Crippen LogP contribution is -2.58. The first-order valence-corrected chi connectivity index (χ1v) is 11.0. The normalized spacial score (nSPS) is 16.8. The minimum absolute atomic E-state index is 0.200. The molecular weight excluding hydrogens is 425 g/mol. The van der Waals surface area contributed by atoms with Crippen LogP contribution in [0.5, 0.6) is 0 Å². The van der Waals surface area contributed by atoms with Crippen molar-refractivity contribution in [3.8, 4) is 0 Å². The van der Waals surface area contributed by atoms with Gasteiger partial charge in [0, 0.05) is 19.2 Å². The summed E-state index contributed by atoms with van der Waals surface area (Å²) in [5.74, 6) is -1.17. The molecule has 2 unspecified atom stereocenters. The molecule has 0 aliphatic carbocycles. The molecule has 0 saturated heterocycles. The third kappa shape index (κ3) is 5.54. The highest BCUT2D eigenvalue weighted by Crippen LogP contribution is 2.31. The van der Waals surface area contributed by atoms with E-state index in [4.69, 9.17) is 0 Å². The van der Waals surface area contributed by atoms with Gasteiger partial charge >= 0.3 is 0 Å². The number of anilines is 1. The summed E-state index contributed by atoms with van der Waals surface area (Å²) in [5.41, 5.74) is 1.52. The maximum absolute atomic E-state index is 13.7. The van der Waals surface area contributed by atoms with E-state index in [9.17, 15) is 18.8 Å². The Morgan fingerprint density at radius 3 is 2.48 bits per heavy atom. The van der Waals surface area contributed by atoms with Crippen LogP contribution in [0.15, 0.2) is 42.6 Å². The van der Waals surface area contributed by atoms with Crippen molar-refractivity contribution in [3.05, 3.63) is 59.5 Å². The molecule has 1 aliphatic rings. The van der Waals surface area contributed by atoms with Crippen LogP contribution in [-0.4, -0.2) is 47.9 Å². The highest BCUT2D eigenvalue weighted by molar-refractivity contribution is 6.06. The summed E-state index contributed by atoms with van der Waals surface area (Å²) in [7, 11) is 1.67. The third-order valence-corrected chi connectivity index (χ3v) is 5.80. The van der Waals surface area contributed by atoms with Gasteiger partial charge in [0.15, 0.2) is 0 Å². The molecule has 1 aliphatic heterocycles. The number of pyridine rings is 1. The van der Waals surface area contributed by atoms with Crippen LogP contribution in [0, 0.1) is 11.7 Å². The second-order valence-electron chi connectivity index (χ2n) is 8.50. The van der Waals surface area contributed by atoms with Crippen molar-refractivity contribution < 1.29 is 18.8 Å². The van der Waals surface area contributed by atoms with Gasteiger partial charge < -0.3 is 16.0 Å². The minimum atomic E-state index is -0.825. The monoisotopic (exact) mass is 455 g/mol. The van der Waals surface area contributed by atoms with Gasteiger partial charge in [0.2, 0.25) is 11.8 Å². The number of nitrogens with one attached hydrogen (secondary N) is 3. The van der Waals surface area contributed by atoms with Crippen LogP contribution >= 0.6 is 0 Å². The Balaban J connectivity index is 1.83. The Labute approximate surface area is 193 Å². The second-order valence-corrected chi connectivity index (χ2v) is 8.50. The first-order chi connectivity index (χ1) is 15.7. The molecule has 3 rings (SSSR count). The molecule has 3 atom stereocenters. The van der Waals surface area contributed by atoms with Crippen LogP contribution in [0.1, 0.15) is 31.9 Å². The van der Waals surface area contributed by atoms with Gasteiger partial charge in [0.05, 0.1) is 6.04 Å². The molecule has 33 heavy (non-hydrogen) atoms. The fourth-order valence-electron chi connectivity index (χ4n) is 3.70. The van der Waals surface area contributed by atoms with E-state index in [1.54, 1.807) is 38.4 Å². The van der Waals surface area contributed by atoms with E-state index in [0.717, 1.165) is 11.1 Å². The summed E-state index contributed by atoms with van der Waals surface area (Å²) < 4.78 is 13.2. The van der Waals surface area contributed by atoms with E-state index in [1.165, 1.54) is 17.0 Å². The fraction of sp³-hybridized carbons (Fsp3) is 0.417. The van der Waals surface area contributed by atoms with Crippen LogP contribution < -0.4 is 20.9 Å². The zero-order valence-electron chi connectivity index (χ0n) is 19.3. The molecular formula is C24H30FN5O3. The summed E-state index contributed by atoms with van der Waals surface area (Å²) in [4.78, 5) is 45.0. The van der Waals surface area contributed by atoms with E-state index in [2.05, 4.69) is 20.9 Å².